The molecule has 1 unspecified atom stereocenters. The van der Waals surface area contributed by atoms with E-state index in [-0.39, 0.29) is 30.1 Å². The molecule has 0 bridgehead atoms. The number of esters is 1. The van der Waals surface area contributed by atoms with Gasteiger partial charge in [-0.3, -0.25) is 9.59 Å². The number of allylic oxidation sites excluding steroid dienone is 2. The number of hydrogen-bond donors (Lipinski definition) is 3. The van der Waals surface area contributed by atoms with Crippen molar-refractivity contribution in [3.63, 3.8) is 0 Å². The van der Waals surface area contributed by atoms with Crippen molar-refractivity contribution < 1.29 is 34.4 Å². The zero-order valence-electron chi connectivity index (χ0n) is 15.6. The summed E-state index contributed by atoms with van der Waals surface area (Å²) in [5, 5.41) is 27.9. The maximum absolute atomic E-state index is 12.3. The first-order valence-electron chi connectivity index (χ1n) is 9.12. The van der Waals surface area contributed by atoms with Crippen LogP contribution in [0.2, 0.25) is 0 Å². The molecule has 1 aromatic rings. The summed E-state index contributed by atoms with van der Waals surface area (Å²) in [5.74, 6) is -3.48. The Morgan fingerprint density at radius 1 is 1.21 bits per heavy atom. The lowest BCUT2D eigenvalue weighted by Crippen LogP contribution is -2.27. The van der Waals surface area contributed by atoms with Crippen molar-refractivity contribution in [3.05, 3.63) is 42.0 Å². The van der Waals surface area contributed by atoms with Gasteiger partial charge in [0.15, 0.2) is 11.5 Å². The summed E-state index contributed by atoms with van der Waals surface area (Å²) in [6.07, 6.45) is 6.53. The molecule has 1 fully saturated rings. The van der Waals surface area contributed by atoms with Gasteiger partial charge in [0, 0.05) is 24.3 Å². The second kappa shape index (κ2) is 9.73. The number of phenolic OH excluding ortho intramolecular Hbond substituents is 2. The predicted molar refractivity (Wildman–Crippen MR) is 102 cm³/mol. The van der Waals surface area contributed by atoms with Crippen LogP contribution in [-0.2, 0) is 19.1 Å². The van der Waals surface area contributed by atoms with Crippen molar-refractivity contribution in [2.75, 3.05) is 0 Å². The van der Waals surface area contributed by atoms with Crippen LogP contribution in [0.15, 0.2) is 36.4 Å². The van der Waals surface area contributed by atoms with Crippen molar-refractivity contribution in [2.24, 2.45) is 11.8 Å². The van der Waals surface area contributed by atoms with Gasteiger partial charge >= 0.3 is 11.9 Å². The molecule has 1 aromatic carbocycles. The van der Waals surface area contributed by atoms with Gasteiger partial charge in [0.2, 0.25) is 0 Å². The number of Topliss-reactive ketones (excluding diaryl/α,β-unsaturated/α-hetero) is 1. The lowest BCUT2D eigenvalue weighted by Gasteiger charge is -2.21. The second-order valence-corrected chi connectivity index (χ2v) is 6.71. The molecule has 150 valence electrons. The van der Waals surface area contributed by atoms with Gasteiger partial charge in [-0.1, -0.05) is 25.1 Å². The van der Waals surface area contributed by atoms with Crippen molar-refractivity contribution in [1.29, 1.82) is 0 Å². The zero-order chi connectivity index (χ0) is 20.7. The fourth-order valence-corrected chi connectivity index (χ4v) is 3.32. The van der Waals surface area contributed by atoms with Gasteiger partial charge in [-0.05, 0) is 36.6 Å². The predicted octanol–water partition coefficient (Wildman–Crippen LogP) is 3.06. The number of phenols is 2. The number of rotatable bonds is 8. The number of ether oxygens (including phenoxy) is 1. The molecular weight excluding hydrogens is 364 g/mol. The van der Waals surface area contributed by atoms with Crippen molar-refractivity contribution in [2.45, 2.75) is 38.7 Å². The fraction of sp³-hybridized carbons (Fsp3) is 0.381. The number of carboxylic acids is 1. The molecule has 28 heavy (non-hydrogen) atoms. The van der Waals surface area contributed by atoms with Crippen LogP contribution in [0.3, 0.4) is 0 Å². The van der Waals surface area contributed by atoms with Crippen LogP contribution in [0.5, 0.6) is 11.5 Å². The number of aromatic hydroxyl groups is 2. The Morgan fingerprint density at radius 2 is 1.96 bits per heavy atom. The molecule has 0 saturated heterocycles. The summed E-state index contributed by atoms with van der Waals surface area (Å²) < 4.78 is 5.36. The van der Waals surface area contributed by atoms with Crippen molar-refractivity contribution in [1.82, 2.24) is 0 Å². The van der Waals surface area contributed by atoms with Gasteiger partial charge in [0.1, 0.15) is 11.9 Å². The largest absolute Gasteiger partial charge is 0.504 e. The number of hydrogen-bond acceptors (Lipinski definition) is 6. The number of carboxylic acid groups (broad SMARTS) is 1. The van der Waals surface area contributed by atoms with Crippen molar-refractivity contribution in [3.8, 4) is 11.5 Å². The first-order valence-corrected chi connectivity index (χ1v) is 9.12. The summed E-state index contributed by atoms with van der Waals surface area (Å²) in [7, 11) is 0. The van der Waals surface area contributed by atoms with E-state index in [1.165, 1.54) is 24.3 Å². The van der Waals surface area contributed by atoms with Crippen LogP contribution in [0.25, 0.3) is 6.08 Å². The minimum Gasteiger partial charge on any atom is -0.504 e. The van der Waals surface area contributed by atoms with Crippen LogP contribution >= 0.6 is 0 Å². The number of benzene rings is 1. The summed E-state index contributed by atoms with van der Waals surface area (Å²) in [5.41, 5.74) is 0.472. The topological polar surface area (TPSA) is 121 Å². The molecule has 7 nitrogen and oxygen atoms in total. The number of carbonyl (C=O) groups excluding carboxylic acids is 2. The highest BCUT2D eigenvalue weighted by molar-refractivity contribution is 5.89. The van der Waals surface area contributed by atoms with E-state index in [1.807, 2.05) is 19.1 Å². The Balaban J connectivity index is 2.06. The Morgan fingerprint density at radius 3 is 2.61 bits per heavy atom. The molecule has 0 aromatic heterocycles. The Bertz CT molecular complexity index is 794. The molecule has 0 radical (unpaired) electrons. The van der Waals surface area contributed by atoms with Crippen LogP contribution in [0.1, 0.15) is 38.2 Å². The van der Waals surface area contributed by atoms with E-state index in [1.54, 1.807) is 0 Å². The molecule has 1 saturated carbocycles. The second-order valence-electron chi connectivity index (χ2n) is 6.71. The third-order valence-corrected chi connectivity index (χ3v) is 4.69. The zero-order valence-corrected chi connectivity index (χ0v) is 15.6. The number of carbonyl (C=O) groups is 3. The number of aliphatic carboxylic acids is 1. The Labute approximate surface area is 163 Å². The highest BCUT2D eigenvalue weighted by atomic mass is 16.5. The first kappa shape index (κ1) is 21.2. The average molecular weight is 388 g/mol. The third kappa shape index (κ3) is 5.70. The summed E-state index contributed by atoms with van der Waals surface area (Å²) in [6, 6.07) is 4.07. The SMILES string of the molecule is CC/C=C\C[C@H]1C(=O)CC(OC(=O)/C=C/c2ccc(O)c(O)c2)[C@@H]1CC(=O)O. The van der Waals surface area contributed by atoms with E-state index in [2.05, 4.69) is 0 Å². The van der Waals surface area contributed by atoms with Gasteiger partial charge in [0.05, 0.1) is 6.42 Å². The fourth-order valence-electron chi connectivity index (χ4n) is 3.32. The van der Waals surface area contributed by atoms with Crippen LogP contribution in [0.4, 0.5) is 0 Å². The molecule has 0 amide bonds. The highest BCUT2D eigenvalue weighted by Gasteiger charge is 2.44. The quantitative estimate of drug-likeness (QED) is 0.271. The molecular formula is C21H24O7. The summed E-state index contributed by atoms with van der Waals surface area (Å²) >= 11 is 0. The van der Waals surface area contributed by atoms with E-state index < -0.39 is 29.9 Å². The first-order chi connectivity index (χ1) is 13.3. The van der Waals surface area contributed by atoms with Crippen molar-refractivity contribution >= 4 is 23.8 Å². The van der Waals surface area contributed by atoms with E-state index in [0.717, 1.165) is 12.5 Å². The standard InChI is InChI=1S/C21H24O7/c1-2-3-4-5-14-15(11-20(25)26)19(12-17(14)23)28-21(27)9-7-13-6-8-16(22)18(24)10-13/h3-4,6-10,14-15,19,22,24H,2,5,11-12H2,1H3,(H,25,26)/b4-3-,9-7+/t14-,15-,19?/m1/s1. The molecule has 0 spiro atoms. The molecule has 1 aliphatic carbocycles. The lowest BCUT2D eigenvalue weighted by atomic mass is 9.88. The summed E-state index contributed by atoms with van der Waals surface area (Å²) in [6.45, 7) is 1.96. The molecule has 3 atom stereocenters. The Kier molecular flexibility index (Phi) is 7.37. The monoisotopic (exact) mass is 388 g/mol. The number of ketones is 1. The van der Waals surface area contributed by atoms with E-state index >= 15 is 0 Å². The van der Waals surface area contributed by atoms with Crippen LogP contribution < -0.4 is 0 Å². The smallest absolute Gasteiger partial charge is 0.331 e. The molecule has 1 aliphatic rings. The van der Waals surface area contributed by atoms with Gasteiger partial charge in [0.25, 0.3) is 0 Å². The van der Waals surface area contributed by atoms with E-state index in [9.17, 15) is 29.7 Å². The molecule has 0 heterocycles. The molecule has 3 N–H and O–H groups in total. The maximum atomic E-state index is 12.3. The van der Waals surface area contributed by atoms with Gasteiger partial charge in [-0.15, -0.1) is 0 Å². The maximum Gasteiger partial charge on any atom is 0.331 e. The lowest BCUT2D eigenvalue weighted by molar-refractivity contribution is -0.148. The molecule has 0 aliphatic heterocycles. The van der Waals surface area contributed by atoms with Crippen LogP contribution in [0, 0.1) is 11.8 Å². The average Bonchev–Trinajstić information content (AvgIpc) is 2.90. The highest BCUT2D eigenvalue weighted by Crippen LogP contribution is 2.36. The normalized spacial score (nSPS) is 22.2. The van der Waals surface area contributed by atoms with Gasteiger partial charge < -0.3 is 20.1 Å². The van der Waals surface area contributed by atoms with Gasteiger partial charge in [-0.2, -0.15) is 0 Å². The van der Waals surface area contributed by atoms with Gasteiger partial charge in [-0.25, -0.2) is 4.79 Å². The minimum atomic E-state index is -1.04. The van der Waals surface area contributed by atoms with E-state index in [0.29, 0.717) is 12.0 Å². The molecule has 7 heteroatoms. The summed E-state index contributed by atoms with van der Waals surface area (Å²) in [4.78, 5) is 35.7. The van der Waals surface area contributed by atoms with Crippen LogP contribution in [-0.4, -0.2) is 39.1 Å². The minimum absolute atomic E-state index is 0.00214. The third-order valence-electron chi connectivity index (χ3n) is 4.69. The molecule has 2 rings (SSSR count). The Hall–Kier alpha value is -3.09. The van der Waals surface area contributed by atoms with E-state index in [4.69, 9.17) is 4.74 Å².